The molecule has 0 atom stereocenters. The quantitative estimate of drug-likeness (QED) is 0.211. The predicted molar refractivity (Wildman–Crippen MR) is 161 cm³/mol. The normalized spacial score (nSPS) is 13.9. The number of anilines is 3. The Balaban J connectivity index is 1.10. The second-order valence-corrected chi connectivity index (χ2v) is 10.8. The molecule has 12 heteroatoms. The zero-order valence-electron chi connectivity index (χ0n) is 22.3. The molecule has 2 aromatic carbocycles. The van der Waals surface area contributed by atoms with E-state index in [1.54, 1.807) is 6.07 Å². The monoisotopic (exact) mass is 613 g/mol. The van der Waals surface area contributed by atoms with Crippen LogP contribution in [0.2, 0.25) is 0 Å². The molecule has 0 spiro atoms. The minimum Gasteiger partial charge on any atom is -0.369 e. The molecule has 4 heterocycles. The molecule has 41 heavy (non-hydrogen) atoms. The summed E-state index contributed by atoms with van der Waals surface area (Å²) in [5.41, 5.74) is 5.45. The van der Waals surface area contributed by atoms with E-state index in [0.29, 0.717) is 5.69 Å². The van der Waals surface area contributed by atoms with E-state index in [9.17, 15) is 9.59 Å². The number of aromatic nitrogens is 5. The van der Waals surface area contributed by atoms with Gasteiger partial charge in [0.15, 0.2) is 5.69 Å². The minimum absolute atomic E-state index is 0.0108. The second-order valence-electron chi connectivity index (χ2n) is 9.90. The van der Waals surface area contributed by atoms with Crippen LogP contribution in [0, 0.1) is 6.92 Å². The van der Waals surface area contributed by atoms with Crippen molar-refractivity contribution < 1.29 is 9.59 Å². The van der Waals surface area contributed by atoms with Crippen LogP contribution in [0.15, 0.2) is 71.7 Å². The Kier molecular flexibility index (Phi) is 7.49. The number of rotatable bonds is 7. The maximum Gasteiger partial charge on any atom is 0.276 e. The van der Waals surface area contributed by atoms with E-state index in [-0.39, 0.29) is 17.3 Å². The topological polar surface area (TPSA) is 135 Å². The lowest BCUT2D eigenvalue weighted by Crippen LogP contribution is -2.45. The highest BCUT2D eigenvalue weighted by molar-refractivity contribution is 9.10. The number of nitrogens with zero attached hydrogens (tertiary/aromatic N) is 5. The number of imidazole rings is 2. The highest BCUT2D eigenvalue weighted by Gasteiger charge is 2.23. The van der Waals surface area contributed by atoms with Crippen LogP contribution in [0.4, 0.5) is 17.3 Å². The smallest absolute Gasteiger partial charge is 0.276 e. The molecule has 1 aliphatic rings. The van der Waals surface area contributed by atoms with E-state index >= 15 is 0 Å². The Morgan fingerprint density at radius 3 is 2.59 bits per heavy atom. The van der Waals surface area contributed by atoms with Gasteiger partial charge in [0, 0.05) is 61.0 Å². The number of amides is 2. The standard InChI is InChI=1S/C29H28BrN9O2/c1-18-2-3-20(30)14-23(18)34-27(40)25-26(33-17-32-25)28(41)37-29-35-22-5-4-21(15-24(22)36-29)39-12-10-38(11-13-39)16-19-6-8-31-9-7-19/h2-9,14-15,17H,10-13,16H2,1H3,(H,32,33)(H,34,40)(H2,35,36,37,41). The molecule has 4 N–H and O–H groups in total. The van der Waals surface area contributed by atoms with Crippen molar-refractivity contribution in [3.8, 4) is 0 Å². The van der Waals surface area contributed by atoms with Crippen LogP contribution in [-0.4, -0.2) is 67.8 Å². The molecule has 5 aromatic rings. The molecule has 1 aliphatic heterocycles. The van der Waals surface area contributed by atoms with Crippen molar-refractivity contribution in [1.29, 1.82) is 0 Å². The van der Waals surface area contributed by atoms with E-state index in [0.717, 1.165) is 59.5 Å². The second kappa shape index (κ2) is 11.5. The number of fused-ring (bicyclic) bond motifs is 1. The van der Waals surface area contributed by atoms with Gasteiger partial charge in [0.2, 0.25) is 5.95 Å². The van der Waals surface area contributed by atoms with Crippen molar-refractivity contribution in [3.05, 3.63) is 94.2 Å². The minimum atomic E-state index is -0.525. The number of aromatic amines is 2. The van der Waals surface area contributed by atoms with Crippen molar-refractivity contribution in [3.63, 3.8) is 0 Å². The van der Waals surface area contributed by atoms with Crippen LogP contribution in [0.5, 0.6) is 0 Å². The summed E-state index contributed by atoms with van der Waals surface area (Å²) in [7, 11) is 0. The summed E-state index contributed by atoms with van der Waals surface area (Å²) in [4.78, 5) is 49.5. The van der Waals surface area contributed by atoms with Crippen LogP contribution in [0.3, 0.4) is 0 Å². The van der Waals surface area contributed by atoms with E-state index < -0.39 is 11.8 Å². The third kappa shape index (κ3) is 5.98. The van der Waals surface area contributed by atoms with E-state index in [2.05, 4.69) is 79.5 Å². The molecule has 0 unspecified atom stereocenters. The fourth-order valence-electron chi connectivity index (χ4n) is 4.88. The lowest BCUT2D eigenvalue weighted by atomic mass is 10.2. The lowest BCUT2D eigenvalue weighted by Gasteiger charge is -2.36. The van der Waals surface area contributed by atoms with Gasteiger partial charge in [0.1, 0.15) is 5.69 Å². The van der Waals surface area contributed by atoms with Crippen LogP contribution in [0.1, 0.15) is 32.1 Å². The maximum atomic E-state index is 13.1. The highest BCUT2D eigenvalue weighted by Crippen LogP contribution is 2.25. The van der Waals surface area contributed by atoms with Gasteiger partial charge in [0.25, 0.3) is 11.8 Å². The number of hydrogen-bond acceptors (Lipinski definition) is 7. The fourth-order valence-corrected chi connectivity index (χ4v) is 5.25. The van der Waals surface area contributed by atoms with Gasteiger partial charge < -0.3 is 20.2 Å². The lowest BCUT2D eigenvalue weighted by molar-refractivity contribution is 0.0985. The Bertz CT molecular complexity index is 1710. The molecule has 6 rings (SSSR count). The highest BCUT2D eigenvalue weighted by atomic mass is 79.9. The van der Waals surface area contributed by atoms with E-state index in [1.807, 2.05) is 43.6 Å². The number of halogens is 1. The fraction of sp³-hybridized carbons (Fsp3) is 0.207. The first-order chi connectivity index (χ1) is 19.9. The van der Waals surface area contributed by atoms with Gasteiger partial charge in [-0.2, -0.15) is 0 Å². The van der Waals surface area contributed by atoms with E-state index in [1.165, 1.54) is 11.9 Å². The average Bonchev–Trinajstić information content (AvgIpc) is 3.63. The summed E-state index contributed by atoms with van der Waals surface area (Å²) in [6, 6.07) is 15.7. The summed E-state index contributed by atoms with van der Waals surface area (Å²) >= 11 is 3.41. The summed E-state index contributed by atoms with van der Waals surface area (Å²) < 4.78 is 0.828. The first-order valence-corrected chi connectivity index (χ1v) is 14.0. The number of carbonyl (C=O) groups is 2. The summed E-state index contributed by atoms with van der Waals surface area (Å²) in [5.74, 6) is -0.732. The van der Waals surface area contributed by atoms with Gasteiger partial charge >= 0.3 is 0 Å². The molecule has 0 radical (unpaired) electrons. The number of carbonyl (C=O) groups excluding carboxylic acids is 2. The number of piperazine rings is 1. The third-order valence-electron chi connectivity index (χ3n) is 7.12. The molecule has 11 nitrogen and oxygen atoms in total. The summed E-state index contributed by atoms with van der Waals surface area (Å²) in [6.07, 6.45) is 4.98. The van der Waals surface area contributed by atoms with Crippen LogP contribution < -0.4 is 15.5 Å². The predicted octanol–water partition coefficient (Wildman–Crippen LogP) is 4.58. The number of H-pyrrole nitrogens is 2. The molecule has 1 fully saturated rings. The third-order valence-corrected chi connectivity index (χ3v) is 7.61. The maximum absolute atomic E-state index is 13.1. The number of nitrogens with one attached hydrogen (secondary N) is 4. The van der Waals surface area contributed by atoms with Crippen LogP contribution in [-0.2, 0) is 6.54 Å². The molecule has 0 saturated carbocycles. The first kappa shape index (κ1) is 26.7. The molecule has 0 bridgehead atoms. The first-order valence-electron chi connectivity index (χ1n) is 13.2. The Morgan fingerprint density at radius 2 is 1.78 bits per heavy atom. The van der Waals surface area contributed by atoms with Gasteiger partial charge in [-0.05, 0) is 60.5 Å². The van der Waals surface area contributed by atoms with Gasteiger partial charge in [-0.15, -0.1) is 0 Å². The van der Waals surface area contributed by atoms with Crippen molar-refractivity contribution >= 4 is 56.1 Å². The van der Waals surface area contributed by atoms with Crippen molar-refractivity contribution in [2.75, 3.05) is 41.7 Å². The molecule has 208 valence electrons. The molecule has 3 aromatic heterocycles. The number of pyridine rings is 1. The molecular weight excluding hydrogens is 586 g/mol. The largest absolute Gasteiger partial charge is 0.369 e. The zero-order chi connectivity index (χ0) is 28.3. The Hall–Kier alpha value is -4.55. The van der Waals surface area contributed by atoms with Crippen LogP contribution >= 0.6 is 15.9 Å². The number of aryl methyl sites for hydroxylation is 1. The Morgan fingerprint density at radius 1 is 0.976 bits per heavy atom. The summed E-state index contributed by atoms with van der Waals surface area (Å²) in [5, 5.41) is 5.57. The molecule has 1 saturated heterocycles. The molecular formula is C29H28BrN9O2. The number of benzene rings is 2. The van der Waals surface area contributed by atoms with Gasteiger partial charge in [-0.3, -0.25) is 24.8 Å². The van der Waals surface area contributed by atoms with Gasteiger partial charge in [-0.25, -0.2) is 9.97 Å². The van der Waals surface area contributed by atoms with Gasteiger partial charge in [-0.1, -0.05) is 22.0 Å². The van der Waals surface area contributed by atoms with Crippen molar-refractivity contribution in [2.45, 2.75) is 13.5 Å². The SMILES string of the molecule is Cc1ccc(Br)cc1NC(=O)c1nc[nH]c1C(=O)Nc1nc2ccc(N3CCN(Cc4ccncc4)CC3)cc2[nH]1. The van der Waals surface area contributed by atoms with Crippen LogP contribution in [0.25, 0.3) is 11.0 Å². The molecule has 2 amide bonds. The number of hydrogen-bond donors (Lipinski definition) is 4. The zero-order valence-corrected chi connectivity index (χ0v) is 23.9. The van der Waals surface area contributed by atoms with E-state index in [4.69, 9.17) is 0 Å². The van der Waals surface area contributed by atoms with Gasteiger partial charge in [0.05, 0.1) is 17.4 Å². The molecule has 0 aliphatic carbocycles. The average molecular weight is 615 g/mol. The van der Waals surface area contributed by atoms with Crippen molar-refractivity contribution in [2.24, 2.45) is 0 Å². The van der Waals surface area contributed by atoms with Crippen molar-refractivity contribution in [1.82, 2.24) is 29.8 Å². The Labute approximate surface area is 244 Å². The summed E-state index contributed by atoms with van der Waals surface area (Å²) in [6.45, 7) is 6.56.